The van der Waals surface area contributed by atoms with Crippen molar-refractivity contribution in [1.82, 2.24) is 19.5 Å². The largest absolute Gasteiger partial charge is 0.456 e. The molecule has 8 aromatic carbocycles. The molecule has 3 heterocycles. The first-order chi connectivity index (χ1) is 27.7. The van der Waals surface area contributed by atoms with E-state index in [1.807, 2.05) is 78.9 Å². The van der Waals surface area contributed by atoms with Gasteiger partial charge in [0.1, 0.15) is 11.2 Å². The van der Waals surface area contributed by atoms with E-state index in [1.165, 1.54) is 10.8 Å². The van der Waals surface area contributed by atoms with Crippen molar-refractivity contribution in [1.29, 1.82) is 0 Å². The van der Waals surface area contributed by atoms with Gasteiger partial charge in [0.15, 0.2) is 17.5 Å². The van der Waals surface area contributed by atoms with E-state index in [4.69, 9.17) is 19.4 Å². The summed E-state index contributed by atoms with van der Waals surface area (Å²) < 4.78 is 8.55. The summed E-state index contributed by atoms with van der Waals surface area (Å²) in [6.45, 7) is 0. The minimum atomic E-state index is 0.602. The topological polar surface area (TPSA) is 56.7 Å². The van der Waals surface area contributed by atoms with Crippen molar-refractivity contribution in [2.75, 3.05) is 0 Å². The highest BCUT2D eigenvalue weighted by molar-refractivity contribution is 6.11. The van der Waals surface area contributed by atoms with Crippen molar-refractivity contribution >= 4 is 43.7 Å². The molecule has 11 rings (SSSR count). The van der Waals surface area contributed by atoms with Gasteiger partial charge in [-0.05, 0) is 64.7 Å². The van der Waals surface area contributed by atoms with Crippen LogP contribution in [0.3, 0.4) is 0 Å². The number of fused-ring (bicyclic) bond motifs is 6. The molecule has 0 aliphatic heterocycles. The molecule has 0 atom stereocenters. The van der Waals surface area contributed by atoms with E-state index in [1.54, 1.807) is 0 Å². The fourth-order valence-corrected chi connectivity index (χ4v) is 7.96. The van der Waals surface area contributed by atoms with Crippen LogP contribution >= 0.6 is 0 Å². The highest BCUT2D eigenvalue weighted by Gasteiger charge is 2.21. The average Bonchev–Trinajstić information content (AvgIpc) is 3.82. The van der Waals surface area contributed by atoms with Crippen LogP contribution in [0.1, 0.15) is 0 Å². The van der Waals surface area contributed by atoms with Crippen LogP contribution in [-0.4, -0.2) is 19.5 Å². The van der Waals surface area contributed by atoms with Crippen LogP contribution in [-0.2, 0) is 0 Å². The van der Waals surface area contributed by atoms with Crippen molar-refractivity contribution in [3.05, 3.63) is 194 Å². The summed E-state index contributed by atoms with van der Waals surface area (Å²) >= 11 is 0. The molecule has 0 saturated heterocycles. The van der Waals surface area contributed by atoms with Crippen molar-refractivity contribution in [3.63, 3.8) is 0 Å². The van der Waals surface area contributed by atoms with Crippen molar-refractivity contribution in [2.24, 2.45) is 0 Å². The second-order valence-corrected chi connectivity index (χ2v) is 14.0. The van der Waals surface area contributed by atoms with E-state index in [9.17, 15) is 0 Å². The maximum absolute atomic E-state index is 6.18. The molecule has 5 heteroatoms. The minimum Gasteiger partial charge on any atom is -0.456 e. The molecule has 0 amide bonds. The normalized spacial score (nSPS) is 11.6. The zero-order chi connectivity index (χ0) is 37.0. The number of nitrogens with zero attached hydrogens (tertiary/aromatic N) is 4. The van der Waals surface area contributed by atoms with Gasteiger partial charge in [-0.3, -0.25) is 0 Å². The summed E-state index contributed by atoms with van der Waals surface area (Å²) in [5.74, 6) is 1.85. The Hall–Kier alpha value is -7.63. The molecule has 11 aromatic rings. The van der Waals surface area contributed by atoms with Gasteiger partial charge in [0.2, 0.25) is 0 Å². The lowest BCUT2D eigenvalue weighted by atomic mass is 10.00. The van der Waals surface area contributed by atoms with E-state index >= 15 is 0 Å². The average molecular weight is 717 g/mol. The first-order valence-corrected chi connectivity index (χ1v) is 18.8. The van der Waals surface area contributed by atoms with Crippen LogP contribution < -0.4 is 0 Å². The Labute approximate surface area is 322 Å². The molecule has 0 unspecified atom stereocenters. The lowest BCUT2D eigenvalue weighted by Gasteiger charge is -2.16. The molecule has 0 aliphatic carbocycles. The van der Waals surface area contributed by atoms with Crippen LogP contribution in [0.2, 0.25) is 0 Å². The third-order valence-electron chi connectivity index (χ3n) is 10.7. The van der Waals surface area contributed by atoms with Gasteiger partial charge in [0, 0.05) is 38.2 Å². The molecule has 0 N–H and O–H groups in total. The maximum Gasteiger partial charge on any atom is 0.166 e. The Balaban J connectivity index is 1.18. The smallest absolute Gasteiger partial charge is 0.166 e. The van der Waals surface area contributed by atoms with Crippen LogP contribution in [0.15, 0.2) is 199 Å². The SMILES string of the molecule is c1ccc(-c2ccc(-n3c4ccccc4c4ccc(-c5ccc6oc7ccccc7c6c5)cc43)c(-c3nc(-c4ccccc4)nc(-c4ccccc4)n3)c2)cc1. The van der Waals surface area contributed by atoms with Crippen LogP contribution in [0.4, 0.5) is 0 Å². The Morgan fingerprint density at radius 1 is 0.321 bits per heavy atom. The van der Waals surface area contributed by atoms with Gasteiger partial charge >= 0.3 is 0 Å². The van der Waals surface area contributed by atoms with Gasteiger partial charge in [0.05, 0.1) is 16.7 Å². The lowest BCUT2D eigenvalue weighted by Crippen LogP contribution is -2.04. The van der Waals surface area contributed by atoms with E-state index in [-0.39, 0.29) is 0 Å². The number of hydrogen-bond acceptors (Lipinski definition) is 4. The standard InChI is InChI=1S/C51H32N4O/c1-4-14-33(15-5-1)36-25-28-45(43(31-36)51-53-49(34-16-6-2-7-17-34)52-50(54-51)35-18-8-3-9-19-35)55-44-22-12-10-20-39(44)40-27-24-38(32-46(40)55)37-26-29-48-42(30-37)41-21-11-13-23-47(41)56-48/h1-32H. The second kappa shape index (κ2) is 13.0. The Bertz CT molecular complexity index is 3180. The van der Waals surface area contributed by atoms with E-state index in [0.29, 0.717) is 17.5 Å². The monoisotopic (exact) mass is 716 g/mol. The van der Waals surface area contributed by atoms with E-state index in [0.717, 1.165) is 77.6 Å². The molecule has 0 fully saturated rings. The van der Waals surface area contributed by atoms with Gasteiger partial charge in [-0.1, -0.05) is 152 Å². The molecule has 0 aliphatic rings. The highest BCUT2D eigenvalue weighted by Crippen LogP contribution is 2.40. The molecule has 0 bridgehead atoms. The fraction of sp³-hybridized carbons (Fsp3) is 0. The first-order valence-electron chi connectivity index (χ1n) is 18.8. The predicted molar refractivity (Wildman–Crippen MR) is 229 cm³/mol. The van der Waals surface area contributed by atoms with Gasteiger partial charge in [-0.2, -0.15) is 0 Å². The van der Waals surface area contributed by atoms with Crippen molar-refractivity contribution < 1.29 is 4.42 Å². The summed E-state index contributed by atoms with van der Waals surface area (Å²) in [4.78, 5) is 15.5. The molecule has 0 radical (unpaired) electrons. The third-order valence-corrected chi connectivity index (χ3v) is 10.7. The number of aromatic nitrogens is 4. The van der Waals surface area contributed by atoms with Gasteiger partial charge in [-0.25, -0.2) is 15.0 Å². The molecule has 3 aromatic heterocycles. The number of hydrogen-bond donors (Lipinski definition) is 0. The molecular formula is C51H32N4O. The highest BCUT2D eigenvalue weighted by atomic mass is 16.3. The third kappa shape index (κ3) is 5.37. The molecule has 0 spiro atoms. The summed E-state index contributed by atoms with van der Waals surface area (Å²) in [5.41, 5.74) is 12.2. The molecule has 262 valence electrons. The van der Waals surface area contributed by atoms with Crippen LogP contribution in [0.25, 0.3) is 106 Å². The first kappa shape index (κ1) is 31.9. The summed E-state index contributed by atoms with van der Waals surface area (Å²) in [7, 11) is 0. The number of para-hydroxylation sites is 2. The number of rotatable bonds is 6. The molecule has 0 saturated carbocycles. The summed E-state index contributed by atoms with van der Waals surface area (Å²) in [6, 6.07) is 67.6. The lowest BCUT2D eigenvalue weighted by molar-refractivity contribution is 0.669. The van der Waals surface area contributed by atoms with Crippen molar-refractivity contribution in [2.45, 2.75) is 0 Å². The van der Waals surface area contributed by atoms with Crippen LogP contribution in [0.5, 0.6) is 0 Å². The van der Waals surface area contributed by atoms with Gasteiger partial charge in [-0.15, -0.1) is 0 Å². The van der Waals surface area contributed by atoms with E-state index in [2.05, 4.69) is 120 Å². The van der Waals surface area contributed by atoms with Crippen molar-refractivity contribution in [3.8, 4) is 62.1 Å². The van der Waals surface area contributed by atoms with E-state index < -0.39 is 0 Å². The minimum absolute atomic E-state index is 0.602. The maximum atomic E-state index is 6.18. The van der Waals surface area contributed by atoms with Gasteiger partial charge in [0.25, 0.3) is 0 Å². The second-order valence-electron chi connectivity index (χ2n) is 14.0. The number of furan rings is 1. The fourth-order valence-electron chi connectivity index (χ4n) is 7.96. The summed E-state index contributed by atoms with van der Waals surface area (Å²) in [5, 5.41) is 4.57. The quantitative estimate of drug-likeness (QED) is 0.172. The van der Waals surface area contributed by atoms with Gasteiger partial charge < -0.3 is 8.98 Å². The summed E-state index contributed by atoms with van der Waals surface area (Å²) in [6.07, 6.45) is 0. The molecule has 56 heavy (non-hydrogen) atoms. The zero-order valence-corrected chi connectivity index (χ0v) is 30.2. The molecular weight excluding hydrogens is 685 g/mol. The Morgan fingerprint density at radius 2 is 0.839 bits per heavy atom. The Morgan fingerprint density at radius 3 is 1.57 bits per heavy atom. The Kier molecular flexibility index (Phi) is 7.42. The van der Waals surface area contributed by atoms with Crippen LogP contribution in [0, 0.1) is 0 Å². The predicted octanol–water partition coefficient (Wildman–Crippen LogP) is 13.2. The zero-order valence-electron chi connectivity index (χ0n) is 30.2. The number of benzene rings is 8. The molecule has 5 nitrogen and oxygen atoms in total.